The minimum Gasteiger partial charge on any atom is -0.457 e. The van der Waals surface area contributed by atoms with Crippen molar-refractivity contribution in [3.63, 3.8) is 0 Å². The number of ether oxygens (including phenoxy) is 2. The average Bonchev–Trinajstić information content (AvgIpc) is 2.61. The molecule has 3 heteroatoms. The van der Waals surface area contributed by atoms with Crippen LogP contribution >= 0.6 is 0 Å². The molecule has 0 bridgehead atoms. The minimum absolute atomic E-state index is 0.434. The first-order chi connectivity index (χ1) is 12.2. The molecule has 0 atom stereocenters. The molecule has 0 unspecified atom stereocenters. The van der Waals surface area contributed by atoms with Gasteiger partial charge in [0.1, 0.15) is 29.3 Å². The van der Waals surface area contributed by atoms with Crippen molar-refractivity contribution in [1.29, 1.82) is 0 Å². The topological polar surface area (TPSA) is 35.5 Å². The second-order valence-corrected chi connectivity index (χ2v) is 5.89. The van der Waals surface area contributed by atoms with E-state index in [1.54, 1.807) is 0 Å². The monoisotopic (exact) mass is 332 g/mol. The van der Waals surface area contributed by atoms with Crippen LogP contribution in [0.2, 0.25) is 0 Å². The second-order valence-electron chi connectivity index (χ2n) is 5.89. The fourth-order valence-corrected chi connectivity index (χ4v) is 2.75. The maximum absolute atomic E-state index is 10.8. The van der Waals surface area contributed by atoms with Gasteiger partial charge in [-0.3, -0.25) is 0 Å². The van der Waals surface area contributed by atoms with Crippen molar-refractivity contribution < 1.29 is 14.3 Å². The molecule has 0 saturated carbocycles. The van der Waals surface area contributed by atoms with E-state index >= 15 is 0 Å². The summed E-state index contributed by atoms with van der Waals surface area (Å²) >= 11 is 0. The number of aryl methyl sites for hydroxylation is 2. The molecule has 0 aliphatic rings. The Morgan fingerprint density at radius 1 is 0.720 bits per heavy atom. The first-order valence-corrected chi connectivity index (χ1v) is 8.20. The van der Waals surface area contributed by atoms with Gasteiger partial charge in [-0.15, -0.1) is 0 Å². The van der Waals surface area contributed by atoms with Crippen molar-refractivity contribution in [2.24, 2.45) is 0 Å². The average molecular weight is 332 g/mol. The van der Waals surface area contributed by atoms with Gasteiger partial charge >= 0.3 is 0 Å². The number of hydrogen-bond acceptors (Lipinski definition) is 3. The summed E-state index contributed by atoms with van der Waals surface area (Å²) in [5.41, 5.74) is 3.19. The molecule has 0 fully saturated rings. The summed E-state index contributed by atoms with van der Waals surface area (Å²) in [5, 5.41) is 0. The molecule has 126 valence electrons. The Kier molecular flexibility index (Phi) is 5.14. The van der Waals surface area contributed by atoms with Gasteiger partial charge in [0.15, 0.2) is 0 Å². The largest absolute Gasteiger partial charge is 0.457 e. The molecule has 3 rings (SSSR count). The Labute approximate surface area is 147 Å². The van der Waals surface area contributed by atoms with Crippen LogP contribution in [0.1, 0.15) is 16.7 Å². The van der Waals surface area contributed by atoms with E-state index in [4.69, 9.17) is 9.47 Å². The van der Waals surface area contributed by atoms with E-state index < -0.39 is 0 Å². The number of para-hydroxylation sites is 1. The molecule has 3 aromatic rings. The second kappa shape index (κ2) is 7.67. The molecular formula is C22H20O3. The molecule has 0 N–H and O–H groups in total. The molecule has 0 spiro atoms. The smallest absolute Gasteiger partial charge is 0.127 e. The van der Waals surface area contributed by atoms with Crippen molar-refractivity contribution in [2.45, 2.75) is 20.3 Å². The molecule has 0 radical (unpaired) electrons. The lowest BCUT2D eigenvalue weighted by atomic mass is 10.0. The van der Waals surface area contributed by atoms with Crippen molar-refractivity contribution in [3.8, 4) is 23.0 Å². The summed E-state index contributed by atoms with van der Waals surface area (Å²) in [6, 6.07) is 21.1. The Balaban J connectivity index is 1.72. The van der Waals surface area contributed by atoms with Crippen molar-refractivity contribution >= 4 is 6.29 Å². The quantitative estimate of drug-likeness (QED) is 0.549. The van der Waals surface area contributed by atoms with Crippen LogP contribution in [-0.2, 0) is 11.2 Å². The zero-order valence-electron chi connectivity index (χ0n) is 14.4. The predicted octanol–water partition coefficient (Wildman–Crippen LogP) is 5.63. The van der Waals surface area contributed by atoms with Crippen LogP contribution in [0.5, 0.6) is 23.0 Å². The van der Waals surface area contributed by atoms with Crippen LogP contribution in [-0.4, -0.2) is 6.29 Å². The maximum Gasteiger partial charge on any atom is 0.127 e. The molecule has 0 amide bonds. The fourth-order valence-electron chi connectivity index (χ4n) is 2.75. The Hall–Kier alpha value is -3.07. The van der Waals surface area contributed by atoms with Crippen LogP contribution in [0.4, 0.5) is 0 Å². The van der Waals surface area contributed by atoms with Crippen LogP contribution in [0, 0.1) is 13.8 Å². The van der Waals surface area contributed by atoms with E-state index in [2.05, 4.69) is 0 Å². The molecule has 3 aromatic carbocycles. The van der Waals surface area contributed by atoms with Crippen molar-refractivity contribution in [1.82, 2.24) is 0 Å². The SMILES string of the molecule is Cc1cc(Oc2ccc(Oc3ccccc3)cc2)cc(C)c1CC=O. The van der Waals surface area contributed by atoms with Gasteiger partial charge in [-0.05, 0) is 79.1 Å². The van der Waals surface area contributed by atoms with Gasteiger partial charge in [0, 0.05) is 6.42 Å². The van der Waals surface area contributed by atoms with Gasteiger partial charge in [0.05, 0.1) is 0 Å². The Morgan fingerprint density at radius 2 is 1.20 bits per heavy atom. The van der Waals surface area contributed by atoms with Gasteiger partial charge in [-0.1, -0.05) is 18.2 Å². The zero-order valence-corrected chi connectivity index (χ0v) is 14.4. The maximum atomic E-state index is 10.8. The van der Waals surface area contributed by atoms with E-state index in [9.17, 15) is 4.79 Å². The molecule has 0 aliphatic heterocycles. The summed E-state index contributed by atoms with van der Waals surface area (Å²) < 4.78 is 11.7. The molecule has 0 saturated heterocycles. The van der Waals surface area contributed by atoms with Crippen molar-refractivity contribution in [3.05, 3.63) is 83.4 Å². The van der Waals surface area contributed by atoms with Gasteiger partial charge in [-0.2, -0.15) is 0 Å². The molecule has 25 heavy (non-hydrogen) atoms. The van der Waals surface area contributed by atoms with E-state index in [0.29, 0.717) is 6.42 Å². The summed E-state index contributed by atoms with van der Waals surface area (Å²) in [5.74, 6) is 3.06. The number of hydrogen-bond donors (Lipinski definition) is 0. The van der Waals surface area contributed by atoms with E-state index in [-0.39, 0.29) is 0 Å². The summed E-state index contributed by atoms with van der Waals surface area (Å²) in [7, 11) is 0. The Bertz CT molecular complexity index is 829. The number of carbonyl (C=O) groups excluding carboxylic acids is 1. The summed E-state index contributed by atoms with van der Waals surface area (Å²) in [6.45, 7) is 3.99. The highest BCUT2D eigenvalue weighted by atomic mass is 16.5. The van der Waals surface area contributed by atoms with E-state index in [1.165, 1.54) is 0 Å². The lowest BCUT2D eigenvalue weighted by Gasteiger charge is -2.12. The van der Waals surface area contributed by atoms with Gasteiger partial charge in [0.25, 0.3) is 0 Å². The summed E-state index contributed by atoms with van der Waals surface area (Å²) in [4.78, 5) is 10.8. The minimum atomic E-state index is 0.434. The first kappa shape index (κ1) is 16.8. The lowest BCUT2D eigenvalue weighted by Crippen LogP contribution is -1.96. The van der Waals surface area contributed by atoms with Gasteiger partial charge in [0.2, 0.25) is 0 Å². The van der Waals surface area contributed by atoms with E-state index in [1.807, 2.05) is 80.6 Å². The van der Waals surface area contributed by atoms with Gasteiger partial charge in [-0.25, -0.2) is 0 Å². The van der Waals surface area contributed by atoms with Crippen LogP contribution in [0.3, 0.4) is 0 Å². The normalized spacial score (nSPS) is 10.3. The van der Waals surface area contributed by atoms with Crippen molar-refractivity contribution in [2.75, 3.05) is 0 Å². The lowest BCUT2D eigenvalue weighted by molar-refractivity contribution is -0.107. The highest BCUT2D eigenvalue weighted by Crippen LogP contribution is 2.29. The molecule has 0 aromatic heterocycles. The third-order valence-corrected chi connectivity index (χ3v) is 4.00. The molecule has 3 nitrogen and oxygen atoms in total. The van der Waals surface area contributed by atoms with Crippen LogP contribution in [0.15, 0.2) is 66.7 Å². The number of carbonyl (C=O) groups is 1. The van der Waals surface area contributed by atoms with E-state index in [0.717, 1.165) is 46.0 Å². The molecule has 0 aliphatic carbocycles. The molecule has 0 heterocycles. The number of benzene rings is 3. The third kappa shape index (κ3) is 4.27. The predicted molar refractivity (Wildman–Crippen MR) is 98.7 cm³/mol. The highest BCUT2D eigenvalue weighted by Gasteiger charge is 2.07. The fraction of sp³-hybridized carbons (Fsp3) is 0.136. The van der Waals surface area contributed by atoms with Crippen LogP contribution in [0.25, 0.3) is 0 Å². The molecular weight excluding hydrogens is 312 g/mol. The Morgan fingerprint density at radius 3 is 1.72 bits per heavy atom. The van der Waals surface area contributed by atoms with Crippen LogP contribution < -0.4 is 9.47 Å². The standard InChI is InChI=1S/C22H20O3/c1-16-14-21(15-17(2)22(16)12-13-23)25-20-10-8-19(9-11-20)24-18-6-4-3-5-7-18/h3-11,13-15H,12H2,1-2H3. The first-order valence-electron chi connectivity index (χ1n) is 8.20. The number of rotatable bonds is 6. The number of aldehydes is 1. The highest BCUT2D eigenvalue weighted by molar-refractivity contribution is 5.58. The zero-order chi connectivity index (χ0) is 17.6. The van der Waals surface area contributed by atoms with Gasteiger partial charge < -0.3 is 14.3 Å². The third-order valence-electron chi connectivity index (χ3n) is 4.00. The summed E-state index contributed by atoms with van der Waals surface area (Å²) in [6.07, 6.45) is 1.37.